The van der Waals surface area contributed by atoms with Crippen molar-refractivity contribution in [3.05, 3.63) is 33.6 Å². The minimum atomic E-state index is -1.31. The second-order valence-electron chi connectivity index (χ2n) is 3.62. The third-order valence-corrected chi connectivity index (χ3v) is 2.88. The molecule has 0 unspecified atom stereocenters. The first-order chi connectivity index (χ1) is 8.86. The Bertz CT molecular complexity index is 510. The Morgan fingerprint density at radius 2 is 1.95 bits per heavy atom. The van der Waals surface area contributed by atoms with Gasteiger partial charge in [-0.25, -0.2) is 9.18 Å². The highest BCUT2D eigenvalue weighted by atomic mass is 35.5. The normalized spacial score (nSPS) is 12.0. The summed E-state index contributed by atoms with van der Waals surface area (Å²) in [6, 6.07) is 0.583. The van der Waals surface area contributed by atoms with Gasteiger partial charge in [0.25, 0.3) is 5.91 Å². The maximum atomic E-state index is 13.2. The number of benzene rings is 1. The van der Waals surface area contributed by atoms with Gasteiger partial charge in [0.2, 0.25) is 0 Å². The highest BCUT2D eigenvalue weighted by Crippen LogP contribution is 2.24. The molecule has 0 saturated heterocycles. The molecule has 19 heavy (non-hydrogen) atoms. The highest BCUT2D eigenvalue weighted by Gasteiger charge is 2.22. The molecule has 0 heterocycles. The molecule has 0 bridgehead atoms. The number of aliphatic hydroxyl groups excluding tert-OH is 1. The van der Waals surface area contributed by atoms with Gasteiger partial charge in [-0.3, -0.25) is 4.79 Å². The van der Waals surface area contributed by atoms with Gasteiger partial charge in [0, 0.05) is 13.0 Å². The summed E-state index contributed by atoms with van der Waals surface area (Å²) < 4.78 is 13.2. The molecule has 1 rings (SSSR count). The number of carboxylic acids is 1. The van der Waals surface area contributed by atoms with Gasteiger partial charge in [-0.15, -0.1) is 0 Å². The van der Waals surface area contributed by atoms with Gasteiger partial charge in [0.1, 0.15) is 11.9 Å². The van der Waals surface area contributed by atoms with E-state index in [1.165, 1.54) is 0 Å². The fourth-order valence-corrected chi connectivity index (χ4v) is 1.79. The predicted octanol–water partition coefficient (Wildman–Crippen LogP) is 1.70. The van der Waals surface area contributed by atoms with E-state index >= 15 is 0 Å². The molecular weight excluding hydrogens is 300 g/mol. The van der Waals surface area contributed by atoms with E-state index in [-0.39, 0.29) is 22.0 Å². The second-order valence-corrected chi connectivity index (χ2v) is 4.44. The van der Waals surface area contributed by atoms with Crippen molar-refractivity contribution < 1.29 is 24.2 Å². The molecule has 5 nitrogen and oxygen atoms in total. The lowest BCUT2D eigenvalue weighted by molar-refractivity contribution is -0.139. The van der Waals surface area contributed by atoms with Crippen molar-refractivity contribution in [3.63, 3.8) is 0 Å². The largest absolute Gasteiger partial charge is 0.480 e. The number of carboxylic acid groups (broad SMARTS) is 1. The van der Waals surface area contributed by atoms with Crippen molar-refractivity contribution in [1.82, 2.24) is 5.32 Å². The van der Waals surface area contributed by atoms with Crippen LogP contribution < -0.4 is 5.32 Å². The van der Waals surface area contributed by atoms with Crippen LogP contribution in [0.3, 0.4) is 0 Å². The summed E-state index contributed by atoms with van der Waals surface area (Å²) >= 11 is 11.2. The van der Waals surface area contributed by atoms with E-state index < -0.39 is 30.3 Å². The van der Waals surface area contributed by atoms with Crippen molar-refractivity contribution in [1.29, 1.82) is 0 Å². The molecule has 0 saturated carbocycles. The van der Waals surface area contributed by atoms with Crippen LogP contribution in [-0.2, 0) is 4.79 Å². The standard InChI is InChI=1S/C11H10Cl2FNO4/c12-6-4-7(13)8(14)3-5(6)10(17)15-9(1-2-16)11(18)19/h3-4,9,16H,1-2H2,(H,15,17)(H,18,19)/t9-/m0/s1. The van der Waals surface area contributed by atoms with Crippen molar-refractivity contribution in [2.45, 2.75) is 12.5 Å². The first kappa shape index (κ1) is 15.7. The van der Waals surface area contributed by atoms with Crippen LogP contribution in [0.5, 0.6) is 0 Å². The molecule has 0 aromatic heterocycles. The van der Waals surface area contributed by atoms with Gasteiger partial charge in [-0.2, -0.15) is 0 Å². The highest BCUT2D eigenvalue weighted by molar-refractivity contribution is 6.36. The summed E-state index contributed by atoms with van der Waals surface area (Å²) in [5.41, 5.74) is -0.229. The van der Waals surface area contributed by atoms with E-state index in [1.54, 1.807) is 0 Å². The number of carbonyl (C=O) groups excluding carboxylic acids is 1. The van der Waals surface area contributed by atoms with Crippen LogP contribution in [0.15, 0.2) is 12.1 Å². The van der Waals surface area contributed by atoms with E-state index in [2.05, 4.69) is 5.32 Å². The fraction of sp³-hybridized carbons (Fsp3) is 0.273. The molecule has 0 fully saturated rings. The smallest absolute Gasteiger partial charge is 0.326 e. The SMILES string of the molecule is O=C(N[C@@H](CCO)C(=O)O)c1cc(F)c(Cl)cc1Cl. The minimum Gasteiger partial charge on any atom is -0.480 e. The third-order valence-electron chi connectivity index (χ3n) is 2.28. The van der Waals surface area contributed by atoms with Crippen molar-refractivity contribution >= 4 is 35.1 Å². The van der Waals surface area contributed by atoms with Crippen LogP contribution in [0.25, 0.3) is 0 Å². The maximum Gasteiger partial charge on any atom is 0.326 e. The number of hydrogen-bond acceptors (Lipinski definition) is 3. The van der Waals surface area contributed by atoms with E-state index in [4.69, 9.17) is 33.4 Å². The van der Waals surface area contributed by atoms with Crippen LogP contribution >= 0.6 is 23.2 Å². The molecule has 0 aliphatic rings. The molecule has 104 valence electrons. The van der Waals surface area contributed by atoms with Crippen LogP contribution in [0.2, 0.25) is 10.0 Å². The van der Waals surface area contributed by atoms with Crippen LogP contribution in [-0.4, -0.2) is 34.7 Å². The average molecular weight is 310 g/mol. The number of aliphatic hydroxyl groups is 1. The number of rotatable bonds is 5. The van der Waals surface area contributed by atoms with E-state index in [0.29, 0.717) is 0 Å². The Balaban J connectivity index is 2.94. The molecule has 1 atom stereocenters. The van der Waals surface area contributed by atoms with Crippen LogP contribution in [0.4, 0.5) is 4.39 Å². The third kappa shape index (κ3) is 4.05. The zero-order valence-electron chi connectivity index (χ0n) is 9.49. The molecule has 0 radical (unpaired) electrons. The first-order valence-corrected chi connectivity index (χ1v) is 5.91. The second kappa shape index (κ2) is 6.70. The summed E-state index contributed by atoms with van der Waals surface area (Å²) in [5, 5.41) is 19.3. The average Bonchev–Trinajstić information content (AvgIpc) is 2.32. The summed E-state index contributed by atoms with van der Waals surface area (Å²) in [4.78, 5) is 22.6. The molecule has 3 N–H and O–H groups in total. The maximum absolute atomic E-state index is 13.2. The molecule has 8 heteroatoms. The Morgan fingerprint density at radius 3 is 2.47 bits per heavy atom. The van der Waals surface area contributed by atoms with Crippen molar-refractivity contribution in [2.75, 3.05) is 6.61 Å². The summed E-state index contributed by atoms with van der Waals surface area (Å²) in [7, 11) is 0. The molecular formula is C11H10Cl2FNO4. The van der Waals surface area contributed by atoms with Crippen LogP contribution in [0.1, 0.15) is 16.8 Å². The number of halogens is 3. The quantitative estimate of drug-likeness (QED) is 0.723. The summed E-state index contributed by atoms with van der Waals surface area (Å²) in [6.07, 6.45) is -0.172. The molecule has 0 aliphatic carbocycles. The van der Waals surface area contributed by atoms with Gasteiger partial charge in [0.15, 0.2) is 0 Å². The van der Waals surface area contributed by atoms with Gasteiger partial charge >= 0.3 is 5.97 Å². The Hall–Kier alpha value is -1.37. The van der Waals surface area contributed by atoms with E-state index in [0.717, 1.165) is 12.1 Å². The van der Waals surface area contributed by atoms with Gasteiger partial charge in [-0.1, -0.05) is 23.2 Å². The topological polar surface area (TPSA) is 86.6 Å². The van der Waals surface area contributed by atoms with E-state index in [1.807, 2.05) is 0 Å². The minimum absolute atomic E-state index is 0.1000. The van der Waals surface area contributed by atoms with E-state index in [9.17, 15) is 14.0 Å². The number of nitrogens with one attached hydrogen (secondary N) is 1. The molecule has 0 spiro atoms. The number of amides is 1. The van der Waals surface area contributed by atoms with Gasteiger partial charge < -0.3 is 15.5 Å². The zero-order valence-corrected chi connectivity index (χ0v) is 11.0. The molecule has 1 amide bonds. The lowest BCUT2D eigenvalue weighted by atomic mass is 10.1. The fourth-order valence-electron chi connectivity index (χ4n) is 1.32. The zero-order chi connectivity index (χ0) is 14.6. The lowest BCUT2D eigenvalue weighted by Crippen LogP contribution is -2.41. The molecule has 0 aliphatic heterocycles. The molecule has 1 aromatic carbocycles. The molecule has 1 aromatic rings. The summed E-state index contributed by atoms with van der Waals surface area (Å²) in [6.45, 7) is -0.417. The first-order valence-electron chi connectivity index (χ1n) is 5.16. The van der Waals surface area contributed by atoms with Gasteiger partial charge in [-0.05, 0) is 12.1 Å². The number of hydrogen-bond donors (Lipinski definition) is 3. The van der Waals surface area contributed by atoms with Gasteiger partial charge in [0.05, 0.1) is 15.6 Å². The van der Waals surface area contributed by atoms with Crippen molar-refractivity contribution in [2.24, 2.45) is 0 Å². The monoisotopic (exact) mass is 309 g/mol. The Morgan fingerprint density at radius 1 is 1.32 bits per heavy atom. The predicted molar refractivity (Wildman–Crippen MR) is 67.0 cm³/mol. The summed E-state index contributed by atoms with van der Waals surface area (Å²) in [5.74, 6) is -3.01. The Labute approximate surface area is 117 Å². The number of aliphatic carboxylic acids is 1. The Kier molecular flexibility index (Phi) is 5.53. The number of carbonyl (C=O) groups is 2. The lowest BCUT2D eigenvalue weighted by Gasteiger charge is -2.14. The van der Waals surface area contributed by atoms with Crippen molar-refractivity contribution in [3.8, 4) is 0 Å². The van der Waals surface area contributed by atoms with Crippen LogP contribution in [0, 0.1) is 5.82 Å².